The summed E-state index contributed by atoms with van der Waals surface area (Å²) in [6, 6.07) is 1.81. The van der Waals surface area contributed by atoms with Gasteiger partial charge in [0.15, 0.2) is 11.6 Å². The molecular weight excluding hydrogens is 274 g/mol. The molecule has 3 nitrogen and oxygen atoms in total. The van der Waals surface area contributed by atoms with Gasteiger partial charge in [-0.25, -0.2) is 12.8 Å². The highest BCUT2D eigenvalue weighted by Crippen LogP contribution is 2.27. The molecular formula is C10H7ClF2O3S. The Hall–Kier alpha value is -1.32. The summed E-state index contributed by atoms with van der Waals surface area (Å²) in [4.78, 5) is -0.925. The smallest absolute Gasteiger partial charge is 0.264 e. The van der Waals surface area contributed by atoms with Crippen molar-refractivity contribution in [3.05, 3.63) is 23.8 Å². The normalized spacial score (nSPS) is 10.6. The van der Waals surface area contributed by atoms with E-state index >= 15 is 0 Å². The quantitative estimate of drug-likeness (QED) is 0.630. The molecule has 7 heteroatoms. The maximum atomic E-state index is 13.3. The van der Waals surface area contributed by atoms with Crippen LogP contribution in [0.4, 0.5) is 8.78 Å². The zero-order chi connectivity index (χ0) is 13.1. The van der Waals surface area contributed by atoms with Gasteiger partial charge in [0.1, 0.15) is 11.5 Å². The Bertz CT molecular complexity index is 588. The fourth-order valence-electron chi connectivity index (χ4n) is 1.000. The Morgan fingerprint density at radius 1 is 1.35 bits per heavy atom. The van der Waals surface area contributed by atoms with Crippen molar-refractivity contribution in [2.24, 2.45) is 0 Å². The molecule has 0 atom stereocenters. The van der Waals surface area contributed by atoms with Crippen LogP contribution in [0.5, 0.6) is 5.75 Å². The molecule has 0 aliphatic carbocycles. The van der Waals surface area contributed by atoms with Gasteiger partial charge >= 0.3 is 0 Å². The van der Waals surface area contributed by atoms with E-state index in [0.29, 0.717) is 0 Å². The fraction of sp³-hybridized carbons (Fsp3) is 0.200. The molecule has 0 spiro atoms. The summed E-state index contributed by atoms with van der Waals surface area (Å²) in [5.74, 6) is 1.58. The van der Waals surface area contributed by atoms with Crippen LogP contribution in [-0.2, 0) is 9.05 Å². The molecule has 1 rings (SSSR count). The maximum Gasteiger partial charge on any atom is 0.264 e. The monoisotopic (exact) mass is 280 g/mol. The standard InChI is InChI=1S/C10H7ClF2O3S/c1-2-3-6-16-7-4-5-8(17(11,14)15)10(13)9(7)12/h4-5H,6H2,1H3. The van der Waals surface area contributed by atoms with Gasteiger partial charge in [-0.15, -0.1) is 5.92 Å². The van der Waals surface area contributed by atoms with E-state index < -0.39 is 31.3 Å². The lowest BCUT2D eigenvalue weighted by Crippen LogP contribution is -2.03. The molecule has 0 aromatic heterocycles. The van der Waals surface area contributed by atoms with Crippen molar-refractivity contribution in [1.29, 1.82) is 0 Å². The summed E-state index contributed by atoms with van der Waals surface area (Å²) in [5, 5.41) is 0. The Balaban J connectivity index is 3.14. The predicted molar refractivity (Wildman–Crippen MR) is 58.3 cm³/mol. The Labute approximate surface area is 102 Å². The van der Waals surface area contributed by atoms with Gasteiger partial charge in [-0.3, -0.25) is 0 Å². The zero-order valence-corrected chi connectivity index (χ0v) is 10.2. The third-order valence-corrected chi connectivity index (χ3v) is 3.09. The molecule has 1 aromatic carbocycles. The number of hydrogen-bond donors (Lipinski definition) is 0. The second-order valence-electron chi connectivity index (χ2n) is 2.84. The molecule has 1 aromatic rings. The van der Waals surface area contributed by atoms with Gasteiger partial charge in [0.2, 0.25) is 5.82 Å². The lowest BCUT2D eigenvalue weighted by Gasteiger charge is -2.06. The van der Waals surface area contributed by atoms with Crippen LogP contribution in [0.1, 0.15) is 6.92 Å². The van der Waals surface area contributed by atoms with E-state index in [1.54, 1.807) is 6.92 Å². The first kappa shape index (κ1) is 13.7. The first-order valence-electron chi connectivity index (χ1n) is 4.33. The van der Waals surface area contributed by atoms with Crippen molar-refractivity contribution in [2.45, 2.75) is 11.8 Å². The average Bonchev–Trinajstić information content (AvgIpc) is 2.23. The van der Waals surface area contributed by atoms with Gasteiger partial charge in [-0.05, 0) is 19.1 Å². The highest BCUT2D eigenvalue weighted by atomic mass is 35.7. The minimum Gasteiger partial charge on any atom is -0.478 e. The third-order valence-electron chi connectivity index (χ3n) is 1.75. The number of halogens is 3. The van der Waals surface area contributed by atoms with Crippen LogP contribution in [0.25, 0.3) is 0 Å². The third kappa shape index (κ3) is 3.32. The maximum absolute atomic E-state index is 13.3. The summed E-state index contributed by atoms with van der Waals surface area (Å²) < 4.78 is 53.2. The molecule has 0 amide bonds. The second-order valence-corrected chi connectivity index (χ2v) is 5.38. The van der Waals surface area contributed by atoms with Crippen LogP contribution in [-0.4, -0.2) is 15.0 Å². The van der Waals surface area contributed by atoms with Crippen molar-refractivity contribution >= 4 is 19.7 Å². The lowest BCUT2D eigenvalue weighted by molar-refractivity contribution is 0.335. The number of hydrogen-bond acceptors (Lipinski definition) is 3. The van der Waals surface area contributed by atoms with Crippen LogP contribution in [0.15, 0.2) is 17.0 Å². The predicted octanol–water partition coefficient (Wildman–Crippen LogP) is 2.29. The summed E-state index contributed by atoms with van der Waals surface area (Å²) in [7, 11) is 0.593. The van der Waals surface area contributed by atoms with Crippen LogP contribution >= 0.6 is 10.7 Å². The van der Waals surface area contributed by atoms with E-state index in [2.05, 4.69) is 11.8 Å². The number of benzene rings is 1. The SMILES string of the molecule is CC#CCOc1ccc(S(=O)(=O)Cl)c(F)c1F. The molecule has 0 N–H and O–H groups in total. The van der Waals surface area contributed by atoms with E-state index in [4.69, 9.17) is 15.4 Å². The summed E-state index contributed by atoms with van der Waals surface area (Å²) in [6.07, 6.45) is 0. The van der Waals surface area contributed by atoms with Crippen molar-refractivity contribution < 1.29 is 21.9 Å². The highest BCUT2D eigenvalue weighted by Gasteiger charge is 2.22. The highest BCUT2D eigenvalue weighted by molar-refractivity contribution is 8.13. The van der Waals surface area contributed by atoms with Crippen LogP contribution < -0.4 is 4.74 Å². The molecule has 92 valence electrons. The number of rotatable bonds is 3. The van der Waals surface area contributed by atoms with Crippen molar-refractivity contribution in [2.75, 3.05) is 6.61 Å². The fourth-order valence-corrected chi connectivity index (χ4v) is 1.89. The first-order chi connectivity index (χ1) is 7.88. The van der Waals surface area contributed by atoms with Gasteiger partial charge < -0.3 is 4.74 Å². The van der Waals surface area contributed by atoms with Gasteiger partial charge in [0, 0.05) is 10.7 Å². The molecule has 0 unspecified atom stereocenters. The molecule has 0 aliphatic heterocycles. The lowest BCUT2D eigenvalue weighted by atomic mass is 10.3. The minimum atomic E-state index is -4.32. The van der Waals surface area contributed by atoms with E-state index in [9.17, 15) is 17.2 Å². The molecule has 0 aliphatic rings. The summed E-state index contributed by atoms with van der Waals surface area (Å²) in [6.45, 7) is 1.43. The van der Waals surface area contributed by atoms with E-state index in [-0.39, 0.29) is 6.61 Å². The molecule has 0 heterocycles. The van der Waals surface area contributed by atoms with Gasteiger partial charge in [-0.1, -0.05) is 5.92 Å². The number of ether oxygens (including phenoxy) is 1. The van der Waals surface area contributed by atoms with Crippen molar-refractivity contribution in [3.63, 3.8) is 0 Å². The van der Waals surface area contributed by atoms with Crippen LogP contribution in [0.2, 0.25) is 0 Å². The van der Waals surface area contributed by atoms with E-state index in [1.165, 1.54) is 0 Å². The summed E-state index contributed by atoms with van der Waals surface area (Å²) >= 11 is 0. The van der Waals surface area contributed by atoms with E-state index in [1.807, 2.05) is 0 Å². The van der Waals surface area contributed by atoms with E-state index in [0.717, 1.165) is 12.1 Å². The van der Waals surface area contributed by atoms with Crippen molar-refractivity contribution in [1.82, 2.24) is 0 Å². The minimum absolute atomic E-state index is 0.125. The molecule has 0 radical (unpaired) electrons. The molecule has 0 fully saturated rings. The molecule has 17 heavy (non-hydrogen) atoms. The van der Waals surface area contributed by atoms with Gasteiger partial charge in [0.05, 0.1) is 0 Å². The zero-order valence-electron chi connectivity index (χ0n) is 8.63. The van der Waals surface area contributed by atoms with Crippen LogP contribution in [0, 0.1) is 23.5 Å². The molecule has 0 bridgehead atoms. The molecule has 0 saturated heterocycles. The molecule has 0 saturated carbocycles. The Morgan fingerprint density at radius 3 is 2.53 bits per heavy atom. The second kappa shape index (κ2) is 5.34. The topological polar surface area (TPSA) is 43.4 Å². The first-order valence-corrected chi connectivity index (χ1v) is 6.64. The Morgan fingerprint density at radius 2 is 2.00 bits per heavy atom. The average molecular weight is 281 g/mol. The Kier molecular flexibility index (Phi) is 4.32. The van der Waals surface area contributed by atoms with Crippen LogP contribution in [0.3, 0.4) is 0 Å². The van der Waals surface area contributed by atoms with Crippen molar-refractivity contribution in [3.8, 4) is 17.6 Å². The summed E-state index contributed by atoms with van der Waals surface area (Å²) in [5.41, 5.74) is 0. The van der Waals surface area contributed by atoms with Gasteiger partial charge in [0.25, 0.3) is 9.05 Å². The largest absolute Gasteiger partial charge is 0.478 e. The van der Waals surface area contributed by atoms with Gasteiger partial charge in [-0.2, -0.15) is 4.39 Å².